The van der Waals surface area contributed by atoms with E-state index in [1.165, 1.54) is 36.5 Å². The van der Waals surface area contributed by atoms with Crippen LogP contribution in [0.1, 0.15) is 30.6 Å². The number of ether oxygens (including phenoxy) is 1. The second-order valence-corrected chi connectivity index (χ2v) is 5.43. The molecule has 132 valence electrons. The minimum atomic E-state index is -0.883. The molecule has 0 amide bonds. The molecule has 1 atom stereocenters. The number of aliphatic hydroxyl groups is 1. The molecule has 0 heterocycles. The maximum atomic E-state index is 10.6. The molecule has 2 rings (SSSR count). The number of phenolic OH excluding ortho intramolecular Hbond substituents is 1. The highest BCUT2D eigenvalue weighted by molar-refractivity contribution is 5.83. The number of aromatic hydroxyl groups is 1. The van der Waals surface area contributed by atoms with Crippen molar-refractivity contribution < 1.29 is 19.9 Å². The predicted octanol–water partition coefficient (Wildman–Crippen LogP) is 3.24. The molecule has 2 aromatic rings. The lowest BCUT2D eigenvalue weighted by molar-refractivity contribution is -0.384. The van der Waals surface area contributed by atoms with E-state index in [2.05, 4.69) is 4.99 Å². The van der Waals surface area contributed by atoms with Crippen LogP contribution in [0.25, 0.3) is 0 Å². The van der Waals surface area contributed by atoms with E-state index in [0.717, 1.165) is 6.42 Å². The van der Waals surface area contributed by atoms with Gasteiger partial charge in [-0.05, 0) is 36.2 Å². The van der Waals surface area contributed by atoms with Crippen LogP contribution in [-0.4, -0.2) is 34.5 Å². The monoisotopic (exact) mass is 344 g/mol. The first-order chi connectivity index (χ1) is 12.0. The van der Waals surface area contributed by atoms with Crippen LogP contribution in [0.2, 0.25) is 0 Å². The molecule has 0 unspecified atom stereocenters. The third kappa shape index (κ3) is 5.29. The molecule has 0 saturated heterocycles. The Bertz CT molecular complexity index is 744. The van der Waals surface area contributed by atoms with Crippen molar-refractivity contribution in [3.05, 3.63) is 63.7 Å². The minimum Gasteiger partial charge on any atom is -0.507 e. The number of nitro benzene ring substituents is 1. The van der Waals surface area contributed by atoms with Gasteiger partial charge in [0.25, 0.3) is 5.69 Å². The standard InChI is InChI=1S/C18H20N2O5/c1-2-9-25-16-8-5-14(17(21)10-16)11-19-12-18(22)13-3-6-15(7-4-13)20(23)24/h3-8,10-11,18,21-22H,2,9,12H2,1H3/t18-/m0/s1. The molecule has 7 nitrogen and oxygen atoms in total. The molecule has 0 aromatic heterocycles. The SMILES string of the molecule is CCCOc1ccc(C=NC[C@H](O)c2ccc([N+](=O)[O-])cc2)c(O)c1. The Balaban J connectivity index is 1.96. The second kappa shape index (κ2) is 8.79. The van der Waals surface area contributed by atoms with E-state index in [9.17, 15) is 20.3 Å². The fourth-order valence-corrected chi connectivity index (χ4v) is 2.12. The van der Waals surface area contributed by atoms with Crippen LogP contribution in [0.5, 0.6) is 11.5 Å². The Morgan fingerprint density at radius 3 is 2.60 bits per heavy atom. The van der Waals surface area contributed by atoms with Gasteiger partial charge in [-0.1, -0.05) is 6.92 Å². The van der Waals surface area contributed by atoms with Crippen molar-refractivity contribution in [2.75, 3.05) is 13.2 Å². The molecule has 0 bridgehead atoms. The van der Waals surface area contributed by atoms with Crippen LogP contribution in [0, 0.1) is 10.1 Å². The lowest BCUT2D eigenvalue weighted by atomic mass is 10.1. The molecule has 0 spiro atoms. The van der Waals surface area contributed by atoms with Gasteiger partial charge in [0.2, 0.25) is 0 Å². The van der Waals surface area contributed by atoms with Gasteiger partial charge in [0.15, 0.2) is 0 Å². The number of aliphatic hydroxyl groups excluding tert-OH is 1. The molecule has 0 aliphatic rings. The van der Waals surface area contributed by atoms with Crippen LogP contribution in [-0.2, 0) is 0 Å². The molecule has 7 heteroatoms. The zero-order chi connectivity index (χ0) is 18.2. The Morgan fingerprint density at radius 2 is 2.00 bits per heavy atom. The van der Waals surface area contributed by atoms with E-state index in [4.69, 9.17) is 4.74 Å². The van der Waals surface area contributed by atoms with Crippen LogP contribution in [0.4, 0.5) is 5.69 Å². The number of hydrogen-bond donors (Lipinski definition) is 2. The van der Waals surface area contributed by atoms with Crippen LogP contribution < -0.4 is 4.74 Å². The number of nitrogens with zero attached hydrogens (tertiary/aromatic N) is 2. The van der Waals surface area contributed by atoms with E-state index in [-0.39, 0.29) is 18.0 Å². The smallest absolute Gasteiger partial charge is 0.269 e. The topological polar surface area (TPSA) is 105 Å². The molecule has 0 saturated carbocycles. The minimum absolute atomic E-state index is 0.0326. The van der Waals surface area contributed by atoms with Gasteiger partial charge in [-0.2, -0.15) is 0 Å². The quantitative estimate of drug-likeness (QED) is 0.434. The van der Waals surface area contributed by atoms with Crippen LogP contribution in [0.3, 0.4) is 0 Å². The average Bonchev–Trinajstić information content (AvgIpc) is 2.61. The number of aliphatic imine (C=N–C) groups is 1. The van der Waals surface area contributed by atoms with E-state index in [1.54, 1.807) is 12.1 Å². The number of nitro groups is 1. The van der Waals surface area contributed by atoms with Gasteiger partial charge < -0.3 is 14.9 Å². The van der Waals surface area contributed by atoms with E-state index >= 15 is 0 Å². The summed E-state index contributed by atoms with van der Waals surface area (Å²) in [5, 5.41) is 30.6. The van der Waals surface area contributed by atoms with E-state index in [0.29, 0.717) is 23.5 Å². The number of benzene rings is 2. The van der Waals surface area contributed by atoms with Crippen molar-refractivity contribution in [2.24, 2.45) is 4.99 Å². The number of hydrogen-bond acceptors (Lipinski definition) is 6. The Kier molecular flexibility index (Phi) is 6.47. The largest absolute Gasteiger partial charge is 0.507 e. The van der Waals surface area contributed by atoms with Crippen molar-refractivity contribution in [2.45, 2.75) is 19.4 Å². The summed E-state index contributed by atoms with van der Waals surface area (Å²) < 4.78 is 5.43. The molecule has 0 fully saturated rings. The number of rotatable bonds is 8. The Morgan fingerprint density at radius 1 is 1.28 bits per heavy atom. The van der Waals surface area contributed by atoms with Crippen molar-refractivity contribution in [3.8, 4) is 11.5 Å². The normalized spacial score (nSPS) is 12.2. The molecule has 0 radical (unpaired) electrons. The summed E-state index contributed by atoms with van der Waals surface area (Å²) in [5.41, 5.74) is 1.02. The van der Waals surface area contributed by atoms with Gasteiger partial charge >= 0.3 is 0 Å². The third-order valence-electron chi connectivity index (χ3n) is 3.47. The maximum absolute atomic E-state index is 10.6. The van der Waals surface area contributed by atoms with Gasteiger partial charge in [-0.25, -0.2) is 0 Å². The molecular weight excluding hydrogens is 324 g/mol. The number of phenols is 1. The predicted molar refractivity (Wildman–Crippen MR) is 94.4 cm³/mol. The first-order valence-corrected chi connectivity index (χ1v) is 7.89. The summed E-state index contributed by atoms with van der Waals surface area (Å²) in [6.45, 7) is 2.65. The van der Waals surface area contributed by atoms with Gasteiger partial charge in [0.1, 0.15) is 11.5 Å². The fraction of sp³-hybridized carbons (Fsp3) is 0.278. The highest BCUT2D eigenvalue weighted by atomic mass is 16.6. The van der Waals surface area contributed by atoms with Gasteiger partial charge in [-0.15, -0.1) is 0 Å². The first-order valence-electron chi connectivity index (χ1n) is 7.89. The average molecular weight is 344 g/mol. The summed E-state index contributed by atoms with van der Waals surface area (Å²) in [5.74, 6) is 0.629. The van der Waals surface area contributed by atoms with E-state index < -0.39 is 11.0 Å². The lowest BCUT2D eigenvalue weighted by Crippen LogP contribution is -2.02. The summed E-state index contributed by atoms with van der Waals surface area (Å²) in [6, 6.07) is 10.6. The van der Waals surface area contributed by atoms with Crippen LogP contribution in [0.15, 0.2) is 47.5 Å². The molecule has 25 heavy (non-hydrogen) atoms. The molecular formula is C18H20N2O5. The molecule has 0 aliphatic carbocycles. The fourth-order valence-electron chi connectivity index (χ4n) is 2.12. The molecule has 2 aromatic carbocycles. The summed E-state index contributed by atoms with van der Waals surface area (Å²) >= 11 is 0. The maximum Gasteiger partial charge on any atom is 0.269 e. The molecule has 0 aliphatic heterocycles. The molecule has 2 N–H and O–H groups in total. The summed E-state index contributed by atoms with van der Waals surface area (Å²) in [7, 11) is 0. The van der Waals surface area contributed by atoms with Crippen molar-refractivity contribution >= 4 is 11.9 Å². The Labute approximate surface area is 145 Å². The van der Waals surface area contributed by atoms with Crippen molar-refractivity contribution in [3.63, 3.8) is 0 Å². The third-order valence-corrected chi connectivity index (χ3v) is 3.47. The zero-order valence-corrected chi connectivity index (χ0v) is 13.8. The van der Waals surface area contributed by atoms with Crippen molar-refractivity contribution in [1.82, 2.24) is 0 Å². The second-order valence-electron chi connectivity index (χ2n) is 5.43. The highest BCUT2D eigenvalue weighted by Crippen LogP contribution is 2.23. The van der Waals surface area contributed by atoms with Crippen LogP contribution >= 0.6 is 0 Å². The van der Waals surface area contributed by atoms with Crippen molar-refractivity contribution in [1.29, 1.82) is 0 Å². The van der Waals surface area contributed by atoms with Gasteiger partial charge in [0.05, 0.1) is 24.2 Å². The van der Waals surface area contributed by atoms with Gasteiger partial charge in [0, 0.05) is 30.0 Å². The lowest BCUT2D eigenvalue weighted by Gasteiger charge is -2.08. The highest BCUT2D eigenvalue weighted by Gasteiger charge is 2.10. The van der Waals surface area contributed by atoms with Gasteiger partial charge in [-0.3, -0.25) is 15.1 Å². The van der Waals surface area contributed by atoms with E-state index in [1.807, 2.05) is 6.92 Å². The summed E-state index contributed by atoms with van der Waals surface area (Å²) in [4.78, 5) is 14.2. The summed E-state index contributed by atoms with van der Waals surface area (Å²) in [6.07, 6.45) is 1.46. The first kappa shape index (κ1) is 18.4. The zero-order valence-electron chi connectivity index (χ0n) is 13.8. The number of non-ortho nitro benzene ring substituents is 1. The Hall–Kier alpha value is -2.93.